The van der Waals surface area contributed by atoms with E-state index in [1.54, 1.807) is 31.2 Å². The van der Waals surface area contributed by atoms with Crippen LogP contribution in [0.4, 0.5) is 0 Å². The molecule has 134 valence electrons. The molecule has 0 fully saturated rings. The second-order valence-electron chi connectivity index (χ2n) is 5.31. The van der Waals surface area contributed by atoms with Gasteiger partial charge < -0.3 is 23.9 Å². The molecule has 0 aliphatic carbocycles. The Morgan fingerprint density at radius 3 is 2.40 bits per heavy atom. The predicted molar refractivity (Wildman–Crippen MR) is 89.8 cm³/mol. The van der Waals surface area contributed by atoms with Gasteiger partial charge in [-0.1, -0.05) is 6.07 Å². The minimum Gasteiger partial charge on any atom is -0.493 e. The topological polar surface area (TPSA) is 87.0 Å². The van der Waals surface area contributed by atoms with Gasteiger partial charge in [0.05, 0.1) is 45.6 Å². The number of hydrogen-bond acceptors (Lipinski definition) is 6. The van der Waals surface area contributed by atoms with Crippen molar-refractivity contribution in [2.24, 2.45) is 0 Å². The molecular weight excluding hydrogens is 326 g/mol. The summed E-state index contributed by atoms with van der Waals surface area (Å²) in [6.45, 7) is 1.70. The molecule has 1 atom stereocenters. The van der Waals surface area contributed by atoms with Crippen LogP contribution in [0.1, 0.15) is 34.1 Å². The second-order valence-corrected chi connectivity index (χ2v) is 5.31. The first kappa shape index (κ1) is 18.4. The van der Waals surface area contributed by atoms with Crippen molar-refractivity contribution in [3.63, 3.8) is 0 Å². The summed E-state index contributed by atoms with van der Waals surface area (Å²) in [6, 6.07) is 6.18. The number of esters is 1. The van der Waals surface area contributed by atoms with Gasteiger partial charge >= 0.3 is 5.97 Å². The zero-order valence-electron chi connectivity index (χ0n) is 14.6. The number of furan rings is 1. The van der Waals surface area contributed by atoms with Gasteiger partial charge in [0, 0.05) is 0 Å². The summed E-state index contributed by atoms with van der Waals surface area (Å²) in [4.78, 5) is 24.2. The fourth-order valence-electron chi connectivity index (χ4n) is 2.43. The molecule has 0 bridgehead atoms. The van der Waals surface area contributed by atoms with Crippen molar-refractivity contribution in [2.75, 3.05) is 21.3 Å². The molecule has 1 aromatic carbocycles. The molecule has 2 aromatic rings. The van der Waals surface area contributed by atoms with E-state index in [1.807, 2.05) is 0 Å². The molecule has 0 saturated carbocycles. The number of carbonyl (C=O) groups is 2. The fourth-order valence-corrected chi connectivity index (χ4v) is 2.43. The van der Waals surface area contributed by atoms with Crippen molar-refractivity contribution in [1.29, 1.82) is 0 Å². The lowest BCUT2D eigenvalue weighted by Crippen LogP contribution is -2.30. The largest absolute Gasteiger partial charge is 0.493 e. The number of aryl methyl sites for hydroxylation is 1. The summed E-state index contributed by atoms with van der Waals surface area (Å²) in [5.74, 6) is 0.782. The van der Waals surface area contributed by atoms with Gasteiger partial charge in [-0.3, -0.25) is 9.59 Å². The number of ether oxygens (including phenoxy) is 3. The highest BCUT2D eigenvalue weighted by molar-refractivity contribution is 5.95. The number of nitrogens with one attached hydrogen (secondary N) is 1. The van der Waals surface area contributed by atoms with E-state index in [1.165, 1.54) is 27.6 Å². The SMILES string of the molecule is COC(=O)CC(NC(=O)c1ccoc1C)c1ccc(OC)c(OC)c1. The lowest BCUT2D eigenvalue weighted by molar-refractivity contribution is -0.141. The van der Waals surface area contributed by atoms with Gasteiger partial charge in [-0.05, 0) is 30.7 Å². The minimum absolute atomic E-state index is 0.0192. The normalized spacial score (nSPS) is 11.5. The van der Waals surface area contributed by atoms with Crippen LogP contribution in [-0.4, -0.2) is 33.2 Å². The molecule has 1 aromatic heterocycles. The quantitative estimate of drug-likeness (QED) is 0.775. The maximum Gasteiger partial charge on any atom is 0.307 e. The maximum atomic E-state index is 12.5. The Bertz CT molecular complexity index is 752. The minimum atomic E-state index is -0.589. The van der Waals surface area contributed by atoms with Crippen LogP contribution in [0.15, 0.2) is 34.9 Å². The molecule has 0 aliphatic rings. The first-order valence-corrected chi connectivity index (χ1v) is 7.63. The van der Waals surface area contributed by atoms with E-state index in [2.05, 4.69) is 5.32 Å². The highest BCUT2D eigenvalue weighted by atomic mass is 16.5. The smallest absolute Gasteiger partial charge is 0.307 e. The van der Waals surface area contributed by atoms with Crippen LogP contribution >= 0.6 is 0 Å². The third-order valence-electron chi connectivity index (χ3n) is 3.82. The molecule has 25 heavy (non-hydrogen) atoms. The van der Waals surface area contributed by atoms with Crippen LogP contribution in [0.5, 0.6) is 11.5 Å². The Balaban J connectivity index is 2.31. The molecule has 0 radical (unpaired) electrons. The van der Waals surface area contributed by atoms with E-state index in [-0.39, 0.29) is 12.3 Å². The van der Waals surface area contributed by atoms with E-state index in [0.29, 0.717) is 28.4 Å². The molecule has 2 rings (SSSR count). The third kappa shape index (κ3) is 4.32. The Hall–Kier alpha value is -2.96. The lowest BCUT2D eigenvalue weighted by Gasteiger charge is -2.19. The van der Waals surface area contributed by atoms with Gasteiger partial charge in [0.25, 0.3) is 5.91 Å². The van der Waals surface area contributed by atoms with E-state index < -0.39 is 12.0 Å². The highest BCUT2D eigenvalue weighted by Crippen LogP contribution is 2.31. The maximum absolute atomic E-state index is 12.5. The van der Waals surface area contributed by atoms with Crippen LogP contribution in [0.2, 0.25) is 0 Å². The molecule has 0 aliphatic heterocycles. The summed E-state index contributed by atoms with van der Waals surface area (Å²) in [6.07, 6.45) is 1.42. The van der Waals surface area contributed by atoms with Crippen molar-refractivity contribution in [3.8, 4) is 11.5 Å². The second kappa shape index (κ2) is 8.23. The van der Waals surface area contributed by atoms with Gasteiger partial charge in [-0.2, -0.15) is 0 Å². The molecule has 0 saturated heterocycles. The average Bonchev–Trinajstić information content (AvgIpc) is 3.06. The fraction of sp³-hybridized carbons (Fsp3) is 0.333. The van der Waals surface area contributed by atoms with Crippen LogP contribution in [0, 0.1) is 6.92 Å². The molecule has 1 unspecified atom stereocenters. The summed E-state index contributed by atoms with van der Waals surface area (Å²) in [5, 5.41) is 2.83. The Morgan fingerprint density at radius 1 is 1.12 bits per heavy atom. The van der Waals surface area contributed by atoms with Crippen molar-refractivity contribution in [1.82, 2.24) is 5.32 Å². The Morgan fingerprint density at radius 2 is 1.84 bits per heavy atom. The molecule has 7 nitrogen and oxygen atoms in total. The Kier molecular flexibility index (Phi) is 6.05. The van der Waals surface area contributed by atoms with Gasteiger partial charge in [0.15, 0.2) is 11.5 Å². The highest BCUT2D eigenvalue weighted by Gasteiger charge is 2.22. The zero-order chi connectivity index (χ0) is 18.4. The van der Waals surface area contributed by atoms with Crippen molar-refractivity contribution < 1.29 is 28.2 Å². The molecule has 1 heterocycles. The number of amides is 1. The van der Waals surface area contributed by atoms with Crippen molar-refractivity contribution in [3.05, 3.63) is 47.4 Å². The predicted octanol–water partition coefficient (Wildman–Crippen LogP) is 2.64. The third-order valence-corrected chi connectivity index (χ3v) is 3.82. The zero-order valence-corrected chi connectivity index (χ0v) is 14.6. The van der Waals surface area contributed by atoms with Crippen molar-refractivity contribution in [2.45, 2.75) is 19.4 Å². The summed E-state index contributed by atoms with van der Waals surface area (Å²) in [5.41, 5.74) is 1.10. The number of methoxy groups -OCH3 is 3. The number of benzene rings is 1. The van der Waals surface area contributed by atoms with Gasteiger partial charge in [0.2, 0.25) is 0 Å². The van der Waals surface area contributed by atoms with Gasteiger partial charge in [-0.15, -0.1) is 0 Å². The standard InChI is InChI=1S/C18H21NO6/c1-11-13(7-8-25-11)18(21)19-14(10-17(20)24-4)12-5-6-15(22-2)16(9-12)23-3/h5-9,14H,10H2,1-4H3,(H,19,21). The van der Waals surface area contributed by atoms with E-state index >= 15 is 0 Å². The van der Waals surface area contributed by atoms with Crippen LogP contribution < -0.4 is 14.8 Å². The van der Waals surface area contributed by atoms with E-state index in [0.717, 1.165) is 0 Å². The van der Waals surface area contributed by atoms with E-state index in [9.17, 15) is 9.59 Å². The average molecular weight is 347 g/mol. The van der Waals surface area contributed by atoms with Crippen molar-refractivity contribution >= 4 is 11.9 Å². The molecule has 0 spiro atoms. The summed E-state index contributed by atoms with van der Waals surface area (Å²) in [7, 11) is 4.35. The molecule has 1 N–H and O–H groups in total. The molecule has 1 amide bonds. The summed E-state index contributed by atoms with van der Waals surface area (Å²) >= 11 is 0. The van der Waals surface area contributed by atoms with Crippen LogP contribution in [0.25, 0.3) is 0 Å². The molecule has 7 heteroatoms. The number of carbonyl (C=O) groups excluding carboxylic acids is 2. The van der Waals surface area contributed by atoms with Gasteiger partial charge in [-0.25, -0.2) is 0 Å². The first-order chi connectivity index (χ1) is 12.0. The monoisotopic (exact) mass is 347 g/mol. The Labute approximate surface area is 145 Å². The van der Waals surface area contributed by atoms with E-state index in [4.69, 9.17) is 18.6 Å². The molecular formula is C18H21NO6. The lowest BCUT2D eigenvalue weighted by atomic mass is 10.0. The number of rotatable bonds is 7. The van der Waals surface area contributed by atoms with Crippen LogP contribution in [0.3, 0.4) is 0 Å². The van der Waals surface area contributed by atoms with Crippen LogP contribution in [-0.2, 0) is 9.53 Å². The van der Waals surface area contributed by atoms with Gasteiger partial charge in [0.1, 0.15) is 5.76 Å². The first-order valence-electron chi connectivity index (χ1n) is 7.63. The number of hydrogen-bond donors (Lipinski definition) is 1. The summed E-state index contributed by atoms with van der Waals surface area (Å²) < 4.78 is 20.4.